The van der Waals surface area contributed by atoms with Gasteiger partial charge in [-0.1, -0.05) is 0 Å². The predicted molar refractivity (Wildman–Crippen MR) is 46.7 cm³/mol. The standard InChI is InChI=1S/C9H11NO3/c1-13-9(12)6-2-3-7(10)5-8(11)4-6/h4,10H,2-3,5H2,1H3. The lowest BCUT2D eigenvalue weighted by atomic mass is 10.1. The van der Waals surface area contributed by atoms with Crippen molar-refractivity contribution in [2.24, 2.45) is 0 Å². The van der Waals surface area contributed by atoms with Crippen molar-refractivity contribution in [3.8, 4) is 0 Å². The summed E-state index contributed by atoms with van der Waals surface area (Å²) in [7, 11) is 1.28. The first-order valence-corrected chi connectivity index (χ1v) is 4.01. The lowest BCUT2D eigenvalue weighted by Gasteiger charge is -2.00. The molecule has 4 heteroatoms. The van der Waals surface area contributed by atoms with Gasteiger partial charge in [-0.2, -0.15) is 0 Å². The summed E-state index contributed by atoms with van der Waals surface area (Å²) in [6.07, 6.45) is 2.30. The van der Waals surface area contributed by atoms with Crippen LogP contribution in [0.5, 0.6) is 0 Å². The van der Waals surface area contributed by atoms with Gasteiger partial charge in [-0.25, -0.2) is 4.79 Å². The lowest BCUT2D eigenvalue weighted by molar-refractivity contribution is -0.136. The van der Waals surface area contributed by atoms with E-state index in [9.17, 15) is 9.59 Å². The van der Waals surface area contributed by atoms with E-state index >= 15 is 0 Å². The van der Waals surface area contributed by atoms with E-state index in [2.05, 4.69) is 4.74 Å². The molecule has 1 rings (SSSR count). The zero-order valence-electron chi connectivity index (χ0n) is 7.42. The third kappa shape index (κ3) is 2.50. The van der Waals surface area contributed by atoms with Crippen molar-refractivity contribution >= 4 is 17.5 Å². The van der Waals surface area contributed by atoms with Crippen molar-refractivity contribution in [3.05, 3.63) is 11.6 Å². The Bertz CT molecular complexity index is 291. The summed E-state index contributed by atoms with van der Waals surface area (Å²) in [5.41, 5.74) is 0.745. The van der Waals surface area contributed by atoms with Crippen molar-refractivity contribution in [1.82, 2.24) is 0 Å². The highest BCUT2D eigenvalue weighted by Gasteiger charge is 2.17. The van der Waals surface area contributed by atoms with Gasteiger partial charge in [0, 0.05) is 17.7 Å². The van der Waals surface area contributed by atoms with Crippen molar-refractivity contribution in [3.63, 3.8) is 0 Å². The molecule has 0 aliphatic heterocycles. The van der Waals surface area contributed by atoms with Crippen molar-refractivity contribution < 1.29 is 14.3 Å². The van der Waals surface area contributed by atoms with Gasteiger partial charge in [0.25, 0.3) is 0 Å². The smallest absolute Gasteiger partial charge is 0.333 e. The molecule has 0 atom stereocenters. The number of ketones is 1. The second-order valence-corrected chi connectivity index (χ2v) is 2.91. The number of hydrogen-bond donors (Lipinski definition) is 1. The van der Waals surface area contributed by atoms with Crippen LogP contribution in [-0.4, -0.2) is 24.6 Å². The normalized spacial score (nSPS) is 17.8. The Labute approximate surface area is 76.1 Å². The van der Waals surface area contributed by atoms with E-state index in [1.165, 1.54) is 13.2 Å². The zero-order valence-corrected chi connectivity index (χ0v) is 7.42. The molecule has 0 amide bonds. The number of rotatable bonds is 1. The molecule has 1 aliphatic carbocycles. The Hall–Kier alpha value is -1.45. The number of carbonyl (C=O) groups is 2. The number of carbonyl (C=O) groups excluding carboxylic acids is 2. The Balaban J connectivity index is 2.80. The summed E-state index contributed by atoms with van der Waals surface area (Å²) in [6.45, 7) is 0. The average molecular weight is 181 g/mol. The van der Waals surface area contributed by atoms with Crippen molar-refractivity contribution in [2.45, 2.75) is 19.3 Å². The van der Waals surface area contributed by atoms with Gasteiger partial charge in [0.05, 0.1) is 7.11 Å². The molecule has 0 aromatic carbocycles. The van der Waals surface area contributed by atoms with Crippen molar-refractivity contribution in [1.29, 1.82) is 5.41 Å². The molecule has 0 aromatic rings. The highest BCUT2D eigenvalue weighted by atomic mass is 16.5. The second-order valence-electron chi connectivity index (χ2n) is 2.91. The van der Waals surface area contributed by atoms with Crippen LogP contribution < -0.4 is 0 Å². The number of hydrogen-bond acceptors (Lipinski definition) is 4. The molecule has 0 heterocycles. The SMILES string of the molecule is COC(=O)C1=CC(=O)CC(=N)CC1. The van der Waals surface area contributed by atoms with Crippen LogP contribution in [0.1, 0.15) is 19.3 Å². The molecule has 0 bridgehead atoms. The van der Waals surface area contributed by atoms with Crippen LogP contribution in [0.25, 0.3) is 0 Å². The average Bonchev–Trinajstić information content (AvgIpc) is 2.25. The van der Waals surface area contributed by atoms with Gasteiger partial charge < -0.3 is 10.1 Å². The fraction of sp³-hybridized carbons (Fsp3) is 0.444. The van der Waals surface area contributed by atoms with Crippen LogP contribution >= 0.6 is 0 Å². The highest BCUT2D eigenvalue weighted by Crippen LogP contribution is 2.14. The third-order valence-electron chi connectivity index (χ3n) is 1.87. The molecule has 0 fully saturated rings. The van der Waals surface area contributed by atoms with Crippen LogP contribution in [-0.2, 0) is 14.3 Å². The number of ether oxygens (including phenoxy) is 1. The maximum absolute atomic E-state index is 11.1. The van der Waals surface area contributed by atoms with E-state index < -0.39 is 5.97 Å². The number of methoxy groups -OCH3 is 1. The molecular weight excluding hydrogens is 170 g/mol. The number of esters is 1. The van der Waals surface area contributed by atoms with Gasteiger partial charge in [-0.05, 0) is 18.9 Å². The second kappa shape index (κ2) is 3.98. The van der Waals surface area contributed by atoms with Crippen molar-refractivity contribution in [2.75, 3.05) is 7.11 Å². The van der Waals surface area contributed by atoms with E-state index in [0.717, 1.165) is 0 Å². The van der Waals surface area contributed by atoms with Gasteiger partial charge >= 0.3 is 5.97 Å². The number of allylic oxidation sites excluding steroid dienone is 1. The molecule has 0 radical (unpaired) electrons. The molecular formula is C9H11NO3. The molecule has 1 N–H and O–H groups in total. The monoisotopic (exact) mass is 181 g/mol. The maximum atomic E-state index is 11.1. The molecule has 0 aromatic heterocycles. The Kier molecular flexibility index (Phi) is 2.95. The first-order chi connectivity index (χ1) is 6.13. The first-order valence-electron chi connectivity index (χ1n) is 4.01. The molecule has 0 unspecified atom stereocenters. The Morgan fingerprint density at radius 3 is 2.85 bits per heavy atom. The Morgan fingerprint density at radius 1 is 1.54 bits per heavy atom. The fourth-order valence-electron chi connectivity index (χ4n) is 1.19. The van der Waals surface area contributed by atoms with Gasteiger partial charge in [-0.3, -0.25) is 4.79 Å². The van der Waals surface area contributed by atoms with E-state index in [-0.39, 0.29) is 12.2 Å². The minimum absolute atomic E-state index is 0.125. The topological polar surface area (TPSA) is 67.2 Å². The predicted octanol–water partition coefficient (Wildman–Crippen LogP) is 0.859. The minimum Gasteiger partial charge on any atom is -0.466 e. The largest absolute Gasteiger partial charge is 0.466 e. The summed E-state index contributed by atoms with van der Waals surface area (Å²) >= 11 is 0. The highest BCUT2D eigenvalue weighted by molar-refractivity contribution is 6.10. The van der Waals surface area contributed by atoms with E-state index in [4.69, 9.17) is 5.41 Å². The summed E-state index contributed by atoms with van der Waals surface area (Å²) < 4.78 is 4.50. The maximum Gasteiger partial charge on any atom is 0.333 e. The molecule has 1 aliphatic rings. The summed E-state index contributed by atoms with van der Waals surface area (Å²) in [4.78, 5) is 22.2. The fourth-order valence-corrected chi connectivity index (χ4v) is 1.19. The summed E-state index contributed by atoms with van der Waals surface area (Å²) in [5.74, 6) is -0.661. The van der Waals surface area contributed by atoms with Gasteiger partial charge in [0.15, 0.2) is 5.78 Å². The molecule has 13 heavy (non-hydrogen) atoms. The van der Waals surface area contributed by atoms with Gasteiger partial charge in [-0.15, -0.1) is 0 Å². The van der Waals surface area contributed by atoms with Crippen LogP contribution in [0.4, 0.5) is 0 Å². The van der Waals surface area contributed by atoms with E-state index in [1.54, 1.807) is 0 Å². The first kappa shape index (κ1) is 9.64. The van der Waals surface area contributed by atoms with Crippen LogP contribution in [0.3, 0.4) is 0 Å². The quantitative estimate of drug-likeness (QED) is 0.610. The molecule has 4 nitrogen and oxygen atoms in total. The van der Waals surface area contributed by atoms with Gasteiger partial charge in [0.1, 0.15) is 0 Å². The molecule has 0 spiro atoms. The molecule has 0 saturated heterocycles. The third-order valence-corrected chi connectivity index (χ3v) is 1.87. The summed E-state index contributed by atoms with van der Waals surface area (Å²) in [6, 6.07) is 0. The lowest BCUT2D eigenvalue weighted by Crippen LogP contribution is -2.05. The zero-order chi connectivity index (χ0) is 9.84. The van der Waals surface area contributed by atoms with Crippen LogP contribution in [0.15, 0.2) is 11.6 Å². The van der Waals surface area contributed by atoms with E-state index in [0.29, 0.717) is 24.1 Å². The van der Waals surface area contributed by atoms with E-state index in [1.807, 2.05) is 0 Å². The number of nitrogens with one attached hydrogen (secondary N) is 1. The molecule has 70 valence electrons. The van der Waals surface area contributed by atoms with Gasteiger partial charge in [0.2, 0.25) is 0 Å². The van der Waals surface area contributed by atoms with Crippen LogP contribution in [0.2, 0.25) is 0 Å². The molecule has 0 saturated carbocycles. The minimum atomic E-state index is -0.469. The van der Waals surface area contributed by atoms with Crippen LogP contribution in [0, 0.1) is 5.41 Å². The Morgan fingerprint density at radius 2 is 2.23 bits per heavy atom. The summed E-state index contributed by atoms with van der Waals surface area (Å²) in [5, 5.41) is 7.34.